The number of hydrazine groups is 1. The van der Waals surface area contributed by atoms with Crippen LogP contribution in [0.25, 0.3) is 6.08 Å². The highest BCUT2D eigenvalue weighted by Gasteiger charge is 2.31. The van der Waals surface area contributed by atoms with Gasteiger partial charge in [-0.1, -0.05) is 48.5 Å². The topological polar surface area (TPSA) is 53.9 Å². The third-order valence-electron chi connectivity index (χ3n) is 4.45. The van der Waals surface area contributed by atoms with Crippen molar-refractivity contribution in [3.63, 3.8) is 0 Å². The zero-order valence-electron chi connectivity index (χ0n) is 15.7. The second kappa shape index (κ2) is 8.24. The van der Waals surface area contributed by atoms with Crippen molar-refractivity contribution in [3.05, 3.63) is 95.7 Å². The van der Waals surface area contributed by atoms with Gasteiger partial charge in [0.1, 0.15) is 11.4 Å². The van der Waals surface area contributed by atoms with Crippen LogP contribution in [0.15, 0.2) is 94.4 Å². The first-order valence-electron chi connectivity index (χ1n) is 9.04. The third-order valence-corrected chi connectivity index (χ3v) is 4.86. The number of nitrogens with zero attached hydrogens (tertiary/aromatic N) is 2. The Labute approximate surface area is 174 Å². The summed E-state index contributed by atoms with van der Waals surface area (Å²) in [4.78, 5) is 18.6. The van der Waals surface area contributed by atoms with Crippen LogP contribution < -0.4 is 10.2 Å². The van der Waals surface area contributed by atoms with Crippen molar-refractivity contribution >= 4 is 36.1 Å². The van der Waals surface area contributed by atoms with Crippen molar-refractivity contribution in [3.8, 4) is 5.75 Å². The Morgan fingerprint density at radius 1 is 0.966 bits per heavy atom. The normalized spacial score (nSPS) is 14.8. The maximum absolute atomic E-state index is 13.2. The van der Waals surface area contributed by atoms with E-state index < -0.39 is 0 Å². The summed E-state index contributed by atoms with van der Waals surface area (Å²) in [7, 11) is 1.61. The number of thiol groups is 1. The lowest BCUT2D eigenvalue weighted by Gasteiger charge is -2.20. The van der Waals surface area contributed by atoms with E-state index in [4.69, 9.17) is 4.74 Å². The Morgan fingerprint density at radius 2 is 1.66 bits per heavy atom. The van der Waals surface area contributed by atoms with E-state index in [1.807, 2.05) is 78.9 Å². The predicted octanol–water partition coefficient (Wildman–Crippen LogP) is 4.64. The van der Waals surface area contributed by atoms with Gasteiger partial charge in [0.15, 0.2) is 5.84 Å². The summed E-state index contributed by atoms with van der Waals surface area (Å²) in [6.07, 6.45) is 1.75. The van der Waals surface area contributed by atoms with Crippen LogP contribution >= 0.6 is 12.6 Å². The molecule has 29 heavy (non-hydrogen) atoms. The van der Waals surface area contributed by atoms with E-state index in [2.05, 4.69) is 23.0 Å². The summed E-state index contributed by atoms with van der Waals surface area (Å²) in [5, 5.41) is 1.46. The molecule has 144 valence electrons. The van der Waals surface area contributed by atoms with Crippen LogP contribution in [0, 0.1) is 0 Å². The lowest BCUT2D eigenvalue weighted by Crippen LogP contribution is -2.37. The zero-order chi connectivity index (χ0) is 20.2. The summed E-state index contributed by atoms with van der Waals surface area (Å²) >= 11 is 4.47. The Hall–Kier alpha value is -3.51. The number of hydrogen-bond acceptors (Lipinski definition) is 5. The molecule has 1 aliphatic rings. The molecular weight excluding hydrogens is 382 g/mol. The van der Waals surface area contributed by atoms with E-state index >= 15 is 0 Å². The van der Waals surface area contributed by atoms with Crippen LogP contribution in [-0.4, -0.2) is 23.9 Å². The molecule has 0 saturated carbocycles. The van der Waals surface area contributed by atoms with Gasteiger partial charge in [-0.25, -0.2) is 4.99 Å². The lowest BCUT2D eigenvalue weighted by atomic mass is 10.2. The van der Waals surface area contributed by atoms with E-state index in [0.29, 0.717) is 11.5 Å². The van der Waals surface area contributed by atoms with Crippen molar-refractivity contribution in [2.45, 2.75) is 4.90 Å². The van der Waals surface area contributed by atoms with Gasteiger partial charge in [-0.2, -0.15) is 5.01 Å². The van der Waals surface area contributed by atoms with Gasteiger partial charge in [-0.3, -0.25) is 10.2 Å². The number of ether oxygens (including phenoxy) is 1. The van der Waals surface area contributed by atoms with Gasteiger partial charge < -0.3 is 4.74 Å². The molecule has 0 aliphatic carbocycles. The van der Waals surface area contributed by atoms with Gasteiger partial charge in [-0.05, 0) is 42.0 Å². The second-order valence-electron chi connectivity index (χ2n) is 6.37. The molecule has 0 bridgehead atoms. The Morgan fingerprint density at radius 3 is 2.34 bits per heavy atom. The van der Waals surface area contributed by atoms with Gasteiger partial charge in [-0.15, -0.1) is 12.6 Å². The molecule has 1 amide bonds. The van der Waals surface area contributed by atoms with Crippen LogP contribution in [-0.2, 0) is 4.79 Å². The molecule has 1 heterocycles. The fraction of sp³-hybridized carbons (Fsp3) is 0.0435. The largest absolute Gasteiger partial charge is 0.497 e. The molecule has 0 aromatic heterocycles. The van der Waals surface area contributed by atoms with Gasteiger partial charge in [0, 0.05) is 10.5 Å². The molecule has 3 aromatic carbocycles. The standard InChI is InChI=1S/C23H19N3O2S/c1-28-19-13-11-18(12-14-19)25-26-22(16-7-3-2-4-8-16)24-20(23(26)27)15-17-9-5-6-10-21(17)29/h2-15,25,29H,1H3. The molecule has 0 radical (unpaired) electrons. The Bertz CT molecular complexity index is 1090. The average molecular weight is 401 g/mol. The molecule has 0 spiro atoms. The molecule has 0 fully saturated rings. The maximum Gasteiger partial charge on any atom is 0.297 e. The van der Waals surface area contributed by atoms with Crippen LogP contribution in [0.4, 0.5) is 5.69 Å². The molecule has 0 unspecified atom stereocenters. The number of carbonyl (C=O) groups is 1. The fourth-order valence-corrected chi connectivity index (χ4v) is 3.18. The number of aliphatic imine (C=N–C) groups is 1. The number of nitrogens with one attached hydrogen (secondary N) is 1. The SMILES string of the molecule is COc1ccc(NN2C(=O)C(=Cc3ccccc3S)N=C2c2ccccc2)cc1. The lowest BCUT2D eigenvalue weighted by molar-refractivity contribution is -0.121. The number of anilines is 1. The molecule has 1 aliphatic heterocycles. The highest BCUT2D eigenvalue weighted by molar-refractivity contribution is 7.80. The van der Waals surface area contributed by atoms with Gasteiger partial charge in [0.2, 0.25) is 0 Å². The Balaban J connectivity index is 1.72. The predicted molar refractivity (Wildman–Crippen MR) is 118 cm³/mol. The van der Waals surface area contributed by atoms with E-state index in [1.54, 1.807) is 13.2 Å². The number of carbonyl (C=O) groups excluding carboxylic acids is 1. The van der Waals surface area contributed by atoms with Crippen molar-refractivity contribution < 1.29 is 9.53 Å². The molecule has 4 rings (SSSR count). The summed E-state index contributed by atoms with van der Waals surface area (Å²) in [6.45, 7) is 0. The molecule has 6 heteroatoms. The van der Waals surface area contributed by atoms with Crippen molar-refractivity contribution in [2.24, 2.45) is 4.99 Å². The summed E-state index contributed by atoms with van der Waals surface area (Å²) in [5.41, 5.74) is 5.92. The number of rotatable bonds is 5. The highest BCUT2D eigenvalue weighted by Crippen LogP contribution is 2.25. The van der Waals surface area contributed by atoms with E-state index in [1.165, 1.54) is 5.01 Å². The van der Waals surface area contributed by atoms with Gasteiger partial charge in [0.05, 0.1) is 12.8 Å². The number of amidine groups is 1. The van der Waals surface area contributed by atoms with Crippen molar-refractivity contribution in [1.29, 1.82) is 0 Å². The van der Waals surface area contributed by atoms with Crippen LogP contribution in [0.1, 0.15) is 11.1 Å². The number of hydrogen-bond donors (Lipinski definition) is 2. The fourth-order valence-electron chi connectivity index (χ4n) is 2.95. The minimum atomic E-state index is -0.240. The molecule has 0 atom stereocenters. The van der Waals surface area contributed by atoms with Crippen LogP contribution in [0.3, 0.4) is 0 Å². The van der Waals surface area contributed by atoms with Crippen LogP contribution in [0.2, 0.25) is 0 Å². The zero-order valence-corrected chi connectivity index (χ0v) is 16.6. The van der Waals surface area contributed by atoms with Crippen molar-refractivity contribution in [2.75, 3.05) is 12.5 Å². The Kier molecular flexibility index (Phi) is 5.35. The van der Waals surface area contributed by atoms with E-state index in [0.717, 1.165) is 27.5 Å². The summed E-state index contributed by atoms with van der Waals surface area (Å²) in [6, 6.07) is 24.5. The first kappa shape index (κ1) is 18.8. The third kappa shape index (κ3) is 4.02. The average Bonchev–Trinajstić information content (AvgIpc) is 3.06. The first-order chi connectivity index (χ1) is 14.2. The first-order valence-corrected chi connectivity index (χ1v) is 9.49. The van der Waals surface area contributed by atoms with E-state index in [9.17, 15) is 4.79 Å². The summed E-state index contributed by atoms with van der Waals surface area (Å²) in [5.74, 6) is 1.04. The molecular formula is C23H19N3O2S. The van der Waals surface area contributed by atoms with Crippen LogP contribution in [0.5, 0.6) is 5.75 Å². The number of benzene rings is 3. The monoisotopic (exact) mass is 401 g/mol. The second-order valence-corrected chi connectivity index (χ2v) is 6.85. The van der Waals surface area contributed by atoms with Gasteiger partial charge in [0.25, 0.3) is 5.91 Å². The number of amides is 1. The molecule has 1 N–H and O–H groups in total. The quantitative estimate of drug-likeness (QED) is 0.484. The smallest absolute Gasteiger partial charge is 0.297 e. The minimum absolute atomic E-state index is 0.240. The minimum Gasteiger partial charge on any atom is -0.497 e. The van der Waals surface area contributed by atoms with E-state index in [-0.39, 0.29) is 5.91 Å². The van der Waals surface area contributed by atoms with Crippen molar-refractivity contribution in [1.82, 2.24) is 5.01 Å². The number of methoxy groups -OCH3 is 1. The highest BCUT2D eigenvalue weighted by atomic mass is 32.1. The molecule has 3 aromatic rings. The maximum atomic E-state index is 13.2. The summed E-state index contributed by atoms with van der Waals surface area (Å²) < 4.78 is 5.20. The molecule has 5 nitrogen and oxygen atoms in total. The van der Waals surface area contributed by atoms with Gasteiger partial charge >= 0.3 is 0 Å². The molecule has 0 saturated heterocycles.